The van der Waals surface area contributed by atoms with Crippen molar-refractivity contribution in [2.24, 2.45) is 0 Å². The molecular formula is C12H17BO2S. The molecule has 1 aromatic rings. The molecule has 86 valence electrons. The Morgan fingerprint density at radius 2 is 1.81 bits per heavy atom. The van der Waals surface area contributed by atoms with Gasteiger partial charge in [0, 0.05) is 4.78 Å². The monoisotopic (exact) mass is 236 g/mol. The molecule has 2 heterocycles. The summed E-state index contributed by atoms with van der Waals surface area (Å²) in [6.45, 7) is 12.1. The molecular weight excluding hydrogens is 219 g/mol. The Labute approximate surface area is 101 Å². The molecule has 1 saturated heterocycles. The predicted octanol–water partition coefficient (Wildman–Crippen LogP) is 2.69. The van der Waals surface area contributed by atoms with E-state index in [1.54, 1.807) is 11.3 Å². The minimum atomic E-state index is -0.278. The molecule has 0 amide bonds. The molecule has 0 aliphatic carbocycles. The van der Waals surface area contributed by atoms with E-state index in [1.807, 2.05) is 17.5 Å². The predicted molar refractivity (Wildman–Crippen MR) is 70.1 cm³/mol. The second-order valence-electron chi connectivity index (χ2n) is 5.03. The maximum Gasteiger partial charge on any atom is 0.506 e. The van der Waals surface area contributed by atoms with Gasteiger partial charge in [0.2, 0.25) is 0 Å². The first kappa shape index (κ1) is 11.9. The van der Waals surface area contributed by atoms with Gasteiger partial charge in [-0.25, -0.2) is 0 Å². The summed E-state index contributed by atoms with van der Waals surface area (Å²) in [4.78, 5) is 0. The van der Waals surface area contributed by atoms with E-state index in [4.69, 9.17) is 9.31 Å². The van der Waals surface area contributed by atoms with E-state index in [1.165, 1.54) is 0 Å². The lowest BCUT2D eigenvalue weighted by Crippen LogP contribution is -2.41. The van der Waals surface area contributed by atoms with Crippen molar-refractivity contribution in [2.75, 3.05) is 0 Å². The zero-order valence-corrected chi connectivity index (χ0v) is 11.1. The first-order chi connectivity index (χ1) is 7.37. The molecule has 0 atom stereocenters. The van der Waals surface area contributed by atoms with Gasteiger partial charge in [0.25, 0.3) is 0 Å². The molecule has 1 fully saturated rings. The van der Waals surface area contributed by atoms with Gasteiger partial charge in [0.05, 0.1) is 11.2 Å². The number of hydrogen-bond acceptors (Lipinski definition) is 3. The Balaban J connectivity index is 2.30. The highest BCUT2D eigenvalue weighted by Crippen LogP contribution is 2.37. The summed E-state index contributed by atoms with van der Waals surface area (Å²) >= 11 is 1.65. The minimum absolute atomic E-state index is 0.266. The van der Waals surface area contributed by atoms with E-state index in [0.717, 1.165) is 10.3 Å². The van der Waals surface area contributed by atoms with Gasteiger partial charge in [-0.3, -0.25) is 0 Å². The number of thiophene rings is 1. The number of rotatable bonds is 2. The van der Waals surface area contributed by atoms with E-state index < -0.39 is 0 Å². The van der Waals surface area contributed by atoms with Crippen LogP contribution in [0.25, 0.3) is 6.08 Å². The second kappa shape index (κ2) is 3.72. The van der Waals surface area contributed by atoms with Gasteiger partial charge < -0.3 is 9.31 Å². The van der Waals surface area contributed by atoms with Crippen molar-refractivity contribution >= 4 is 29.3 Å². The summed E-state index contributed by atoms with van der Waals surface area (Å²) in [7, 11) is -0.266. The van der Waals surface area contributed by atoms with Crippen LogP contribution in [-0.4, -0.2) is 18.3 Å². The quantitative estimate of drug-likeness (QED) is 0.735. The molecule has 2 rings (SSSR count). The first-order valence-corrected chi connectivity index (χ1v) is 6.31. The summed E-state index contributed by atoms with van der Waals surface area (Å²) in [5.41, 5.74) is 0.545. The van der Waals surface area contributed by atoms with Gasteiger partial charge in [-0.15, -0.1) is 0 Å². The topological polar surface area (TPSA) is 18.5 Å². The fraction of sp³-hybridized carbons (Fsp3) is 0.500. The summed E-state index contributed by atoms with van der Waals surface area (Å²) in [6.07, 6.45) is 1.84. The maximum absolute atomic E-state index is 5.99. The molecule has 0 aromatic carbocycles. The van der Waals surface area contributed by atoms with Crippen LogP contribution in [0.1, 0.15) is 33.3 Å². The Morgan fingerprint density at radius 3 is 2.31 bits per heavy atom. The van der Waals surface area contributed by atoms with Crippen LogP contribution in [0.3, 0.4) is 0 Å². The highest BCUT2D eigenvalue weighted by molar-refractivity contribution is 7.21. The molecule has 0 spiro atoms. The lowest BCUT2D eigenvalue weighted by atomic mass is 9.85. The normalized spacial score (nSPS) is 22.4. The maximum atomic E-state index is 5.99. The van der Waals surface area contributed by atoms with Gasteiger partial charge in [0.1, 0.15) is 0 Å². The second-order valence-corrected chi connectivity index (χ2v) is 5.98. The highest BCUT2D eigenvalue weighted by atomic mass is 32.1. The molecule has 1 aliphatic heterocycles. The van der Waals surface area contributed by atoms with Crippen LogP contribution in [-0.2, 0) is 9.31 Å². The molecule has 0 bridgehead atoms. The average Bonchev–Trinajstić information content (AvgIpc) is 2.69. The average molecular weight is 236 g/mol. The molecule has 0 radical (unpaired) electrons. The van der Waals surface area contributed by atoms with Crippen LogP contribution >= 0.6 is 11.3 Å². The summed E-state index contributed by atoms with van der Waals surface area (Å²) in [6, 6.07) is 2.04. The van der Waals surface area contributed by atoms with Crippen molar-refractivity contribution in [2.45, 2.75) is 38.9 Å². The summed E-state index contributed by atoms with van der Waals surface area (Å²) in [5, 5.41) is 2.04. The SMILES string of the molecule is C=Cc1ccsc1B1OC(C)(C)C(C)(C)O1. The van der Waals surface area contributed by atoms with E-state index in [2.05, 4.69) is 34.3 Å². The zero-order chi connectivity index (χ0) is 12.0. The van der Waals surface area contributed by atoms with Gasteiger partial charge in [-0.2, -0.15) is 11.3 Å². The van der Waals surface area contributed by atoms with Crippen molar-refractivity contribution in [3.8, 4) is 0 Å². The Bertz CT molecular complexity index is 393. The van der Waals surface area contributed by atoms with E-state index in [9.17, 15) is 0 Å². The Morgan fingerprint density at radius 1 is 1.25 bits per heavy atom. The Hall–Kier alpha value is -0.575. The molecule has 4 heteroatoms. The molecule has 0 saturated carbocycles. The van der Waals surface area contributed by atoms with Crippen LogP contribution in [0.4, 0.5) is 0 Å². The van der Waals surface area contributed by atoms with E-state index in [-0.39, 0.29) is 18.3 Å². The lowest BCUT2D eigenvalue weighted by molar-refractivity contribution is 0.00578. The van der Waals surface area contributed by atoms with Gasteiger partial charge in [-0.1, -0.05) is 12.7 Å². The van der Waals surface area contributed by atoms with Crippen LogP contribution in [0, 0.1) is 0 Å². The van der Waals surface area contributed by atoms with Crippen molar-refractivity contribution in [3.63, 3.8) is 0 Å². The first-order valence-electron chi connectivity index (χ1n) is 5.43. The summed E-state index contributed by atoms with van der Waals surface area (Å²) < 4.78 is 13.1. The van der Waals surface area contributed by atoms with Crippen molar-refractivity contribution in [3.05, 3.63) is 23.6 Å². The van der Waals surface area contributed by atoms with Crippen molar-refractivity contribution < 1.29 is 9.31 Å². The molecule has 1 aromatic heterocycles. The van der Waals surface area contributed by atoms with Gasteiger partial charge in [0.15, 0.2) is 0 Å². The van der Waals surface area contributed by atoms with E-state index >= 15 is 0 Å². The molecule has 0 unspecified atom stereocenters. The van der Waals surface area contributed by atoms with Crippen LogP contribution < -0.4 is 4.78 Å². The summed E-state index contributed by atoms with van der Waals surface area (Å²) in [5.74, 6) is 0. The van der Waals surface area contributed by atoms with Gasteiger partial charge in [-0.05, 0) is 44.7 Å². The van der Waals surface area contributed by atoms with Gasteiger partial charge >= 0.3 is 7.12 Å². The molecule has 16 heavy (non-hydrogen) atoms. The molecule has 0 N–H and O–H groups in total. The zero-order valence-electron chi connectivity index (χ0n) is 10.2. The van der Waals surface area contributed by atoms with Crippen LogP contribution in [0.5, 0.6) is 0 Å². The fourth-order valence-corrected chi connectivity index (χ4v) is 2.50. The van der Waals surface area contributed by atoms with Crippen molar-refractivity contribution in [1.82, 2.24) is 0 Å². The third-order valence-corrected chi connectivity index (χ3v) is 4.37. The van der Waals surface area contributed by atoms with Crippen molar-refractivity contribution in [1.29, 1.82) is 0 Å². The third-order valence-electron chi connectivity index (χ3n) is 3.41. The largest absolute Gasteiger partial charge is 0.506 e. The fourth-order valence-electron chi connectivity index (χ4n) is 1.64. The van der Waals surface area contributed by atoms with Crippen LogP contribution in [0.2, 0.25) is 0 Å². The molecule has 2 nitrogen and oxygen atoms in total. The standard InChI is InChI=1S/C12H17BO2S/c1-6-9-7-8-16-10(9)13-14-11(2,3)12(4,5)15-13/h6-8H,1H2,2-5H3. The van der Waals surface area contributed by atoms with Crippen LogP contribution in [0.15, 0.2) is 18.0 Å². The number of hydrogen-bond donors (Lipinski definition) is 0. The minimum Gasteiger partial charge on any atom is -0.399 e. The third kappa shape index (κ3) is 1.75. The smallest absolute Gasteiger partial charge is 0.399 e. The lowest BCUT2D eigenvalue weighted by Gasteiger charge is -2.32. The molecule has 1 aliphatic rings. The highest BCUT2D eigenvalue weighted by Gasteiger charge is 2.52. The Kier molecular flexibility index (Phi) is 2.77. The van der Waals surface area contributed by atoms with E-state index in [0.29, 0.717) is 0 Å².